The van der Waals surface area contributed by atoms with Crippen LogP contribution in [0.1, 0.15) is 15.2 Å². The van der Waals surface area contributed by atoms with Crippen molar-refractivity contribution in [2.24, 2.45) is 0 Å². The first kappa shape index (κ1) is 12.1. The van der Waals surface area contributed by atoms with Crippen molar-refractivity contribution < 1.29 is 13.2 Å². The molecule has 0 atom stereocenters. The molecule has 2 aromatic rings. The van der Waals surface area contributed by atoms with E-state index in [4.69, 9.17) is 5.73 Å². The van der Waals surface area contributed by atoms with Crippen LogP contribution in [0.15, 0.2) is 34.8 Å². The van der Waals surface area contributed by atoms with Crippen LogP contribution in [-0.4, -0.2) is 23.6 Å². The number of anilines is 1. The van der Waals surface area contributed by atoms with Crippen LogP contribution in [0.4, 0.5) is 5.69 Å². The Labute approximate surface area is 113 Å². The Balaban J connectivity index is 2.08. The van der Waals surface area contributed by atoms with Gasteiger partial charge in [0.05, 0.1) is 17.6 Å². The highest BCUT2D eigenvalue weighted by Crippen LogP contribution is 2.33. The van der Waals surface area contributed by atoms with Gasteiger partial charge in [-0.1, -0.05) is 0 Å². The number of nitrogen functional groups attached to an aromatic ring is 1. The van der Waals surface area contributed by atoms with Crippen molar-refractivity contribution in [2.75, 3.05) is 5.73 Å². The summed E-state index contributed by atoms with van der Waals surface area (Å²) in [6.07, 6.45) is 1.55. The maximum absolute atomic E-state index is 12.3. The number of hydrogen-bond acceptors (Lipinski definition) is 6. The van der Waals surface area contributed by atoms with Crippen LogP contribution in [0.5, 0.6) is 0 Å². The summed E-state index contributed by atoms with van der Waals surface area (Å²) in [6.45, 7) is 0.000415. The molecule has 0 saturated carbocycles. The van der Waals surface area contributed by atoms with Gasteiger partial charge in [-0.2, -0.15) is 0 Å². The predicted molar refractivity (Wildman–Crippen MR) is 70.0 cm³/mol. The van der Waals surface area contributed by atoms with Crippen LogP contribution < -0.4 is 5.73 Å². The number of carbonyl (C=O) groups excluding carboxylic acids is 1. The predicted octanol–water partition coefficient (Wildman–Crippen LogP) is 1.07. The first-order valence-electron chi connectivity index (χ1n) is 5.34. The fourth-order valence-corrected chi connectivity index (χ4v) is 4.11. The van der Waals surface area contributed by atoms with Crippen molar-refractivity contribution in [3.05, 3.63) is 40.3 Å². The first-order chi connectivity index (χ1) is 9.00. The van der Waals surface area contributed by atoms with Crippen molar-refractivity contribution in [1.29, 1.82) is 0 Å². The molecule has 1 aliphatic rings. The number of rotatable bonds is 2. The van der Waals surface area contributed by atoms with Crippen molar-refractivity contribution in [1.82, 2.24) is 9.29 Å². The van der Waals surface area contributed by atoms with E-state index in [1.165, 1.54) is 29.5 Å². The lowest BCUT2D eigenvalue weighted by Crippen LogP contribution is -2.29. The Bertz CT molecular complexity index is 753. The van der Waals surface area contributed by atoms with Gasteiger partial charge in [-0.3, -0.25) is 9.78 Å². The highest BCUT2D eigenvalue weighted by Gasteiger charge is 2.41. The van der Waals surface area contributed by atoms with Gasteiger partial charge < -0.3 is 5.73 Å². The maximum atomic E-state index is 12.3. The minimum atomic E-state index is -3.78. The second-order valence-electron chi connectivity index (χ2n) is 4.04. The molecule has 19 heavy (non-hydrogen) atoms. The fourth-order valence-electron chi connectivity index (χ4n) is 1.92. The Kier molecular flexibility index (Phi) is 2.58. The lowest BCUT2D eigenvalue weighted by atomic mass is 10.2. The average molecular weight is 295 g/mol. The van der Waals surface area contributed by atoms with Crippen LogP contribution >= 0.6 is 11.3 Å². The van der Waals surface area contributed by atoms with E-state index >= 15 is 0 Å². The number of amides is 1. The lowest BCUT2D eigenvalue weighted by Gasteiger charge is -2.13. The fraction of sp³-hybridized carbons (Fsp3) is 0.0909. The molecule has 0 unspecified atom stereocenters. The van der Waals surface area contributed by atoms with Gasteiger partial charge in [0.15, 0.2) is 0 Å². The molecule has 2 N–H and O–H groups in total. The number of thiazole rings is 1. The first-order valence-corrected chi connectivity index (χ1v) is 7.66. The normalized spacial score (nSPS) is 16.6. The third-order valence-corrected chi connectivity index (χ3v) is 5.36. The quantitative estimate of drug-likeness (QED) is 0.836. The molecular weight excluding hydrogens is 286 g/mol. The molecule has 0 bridgehead atoms. The highest BCUT2D eigenvalue weighted by molar-refractivity contribution is 7.90. The Morgan fingerprint density at radius 3 is 2.84 bits per heavy atom. The smallest absolute Gasteiger partial charge is 0.269 e. The maximum Gasteiger partial charge on any atom is 0.269 e. The minimum Gasteiger partial charge on any atom is -0.399 e. The van der Waals surface area contributed by atoms with E-state index in [9.17, 15) is 13.2 Å². The third kappa shape index (κ3) is 1.80. The van der Waals surface area contributed by atoms with Gasteiger partial charge >= 0.3 is 0 Å². The lowest BCUT2D eigenvalue weighted by molar-refractivity contribution is 0.0866. The van der Waals surface area contributed by atoms with Gasteiger partial charge in [0.2, 0.25) is 0 Å². The number of nitrogens with zero attached hydrogens (tertiary/aromatic N) is 2. The molecule has 1 aromatic carbocycles. The largest absolute Gasteiger partial charge is 0.399 e. The van der Waals surface area contributed by atoms with E-state index in [0.29, 0.717) is 10.6 Å². The number of benzene rings is 1. The van der Waals surface area contributed by atoms with Gasteiger partial charge in [0, 0.05) is 16.8 Å². The van der Waals surface area contributed by atoms with Gasteiger partial charge in [-0.15, -0.1) is 11.3 Å². The van der Waals surface area contributed by atoms with Crippen LogP contribution in [0.2, 0.25) is 0 Å². The SMILES string of the molecule is Nc1ccc2c(c1)C(=O)N(Cc1cncs1)S2(=O)=O. The minimum absolute atomic E-state index is 0.000415. The van der Waals surface area contributed by atoms with E-state index in [0.717, 1.165) is 4.31 Å². The van der Waals surface area contributed by atoms with Gasteiger partial charge in [-0.25, -0.2) is 12.7 Å². The molecule has 1 amide bonds. The molecule has 0 radical (unpaired) electrons. The standard InChI is InChI=1S/C11H9N3O3S2/c12-7-1-2-10-9(3-7)11(15)14(19(10,16)17)5-8-4-13-6-18-8/h1-4,6H,5,12H2. The summed E-state index contributed by atoms with van der Waals surface area (Å²) in [7, 11) is -3.78. The van der Waals surface area contributed by atoms with E-state index in [1.807, 2.05) is 0 Å². The second kappa shape index (κ2) is 4.04. The Morgan fingerprint density at radius 2 is 2.16 bits per heavy atom. The molecule has 2 heterocycles. The van der Waals surface area contributed by atoms with Crippen molar-refractivity contribution in [3.63, 3.8) is 0 Å². The Morgan fingerprint density at radius 1 is 1.37 bits per heavy atom. The molecule has 98 valence electrons. The van der Waals surface area contributed by atoms with Crippen LogP contribution in [-0.2, 0) is 16.6 Å². The summed E-state index contributed by atoms with van der Waals surface area (Å²) < 4.78 is 25.4. The summed E-state index contributed by atoms with van der Waals surface area (Å²) >= 11 is 1.30. The molecular formula is C11H9N3O3S2. The summed E-state index contributed by atoms with van der Waals surface area (Å²) in [5.41, 5.74) is 7.67. The summed E-state index contributed by atoms with van der Waals surface area (Å²) in [5, 5.41) is 0. The van der Waals surface area contributed by atoms with Crippen LogP contribution in [0.3, 0.4) is 0 Å². The molecule has 1 aromatic heterocycles. The zero-order valence-electron chi connectivity index (χ0n) is 9.61. The molecule has 0 fully saturated rings. The second-order valence-corrected chi connectivity index (χ2v) is 6.84. The van der Waals surface area contributed by atoms with Crippen LogP contribution in [0.25, 0.3) is 0 Å². The van der Waals surface area contributed by atoms with Crippen molar-refractivity contribution in [2.45, 2.75) is 11.4 Å². The third-order valence-electron chi connectivity index (χ3n) is 2.81. The van der Waals surface area contributed by atoms with E-state index in [2.05, 4.69) is 4.98 Å². The summed E-state index contributed by atoms with van der Waals surface area (Å²) in [4.78, 5) is 16.7. The molecule has 6 nitrogen and oxygen atoms in total. The topological polar surface area (TPSA) is 93.4 Å². The molecule has 3 rings (SSSR count). The number of hydrogen-bond donors (Lipinski definition) is 1. The number of carbonyl (C=O) groups is 1. The van der Waals surface area contributed by atoms with Crippen molar-refractivity contribution in [3.8, 4) is 0 Å². The summed E-state index contributed by atoms with van der Waals surface area (Å²) in [5.74, 6) is -0.546. The van der Waals surface area contributed by atoms with Gasteiger partial charge in [0.25, 0.3) is 15.9 Å². The highest BCUT2D eigenvalue weighted by atomic mass is 32.2. The molecule has 1 aliphatic heterocycles. The van der Waals surface area contributed by atoms with Gasteiger partial charge in [-0.05, 0) is 18.2 Å². The van der Waals surface area contributed by atoms with Crippen LogP contribution in [0, 0.1) is 0 Å². The van der Waals surface area contributed by atoms with E-state index < -0.39 is 15.9 Å². The van der Waals surface area contributed by atoms with E-state index in [1.54, 1.807) is 11.7 Å². The molecule has 0 spiro atoms. The monoisotopic (exact) mass is 295 g/mol. The molecule has 0 aliphatic carbocycles. The average Bonchev–Trinajstić information content (AvgIpc) is 2.92. The van der Waals surface area contributed by atoms with Crippen molar-refractivity contribution >= 4 is 33.0 Å². The molecule has 8 heteroatoms. The van der Waals surface area contributed by atoms with E-state index in [-0.39, 0.29) is 17.0 Å². The summed E-state index contributed by atoms with van der Waals surface area (Å²) in [6, 6.07) is 4.23. The zero-order valence-corrected chi connectivity index (χ0v) is 11.2. The number of fused-ring (bicyclic) bond motifs is 1. The van der Waals surface area contributed by atoms with Gasteiger partial charge in [0.1, 0.15) is 4.90 Å². The number of nitrogens with two attached hydrogens (primary N) is 1. The number of sulfonamides is 1. The number of aromatic nitrogens is 1. The molecule has 0 saturated heterocycles. The zero-order chi connectivity index (χ0) is 13.6. The Hall–Kier alpha value is -1.93.